The molecule has 1 aliphatic heterocycles. The fraction of sp³-hybridized carbons (Fsp3) is 0.556. The first kappa shape index (κ1) is 16.8. The number of carbonyl (C=O) groups is 1. The third kappa shape index (κ3) is 3.24. The van der Waals surface area contributed by atoms with Crippen molar-refractivity contribution in [2.45, 2.75) is 52.1 Å². The fourth-order valence-electron chi connectivity index (χ4n) is 2.97. The summed E-state index contributed by atoms with van der Waals surface area (Å²) < 4.78 is 7.58. The summed E-state index contributed by atoms with van der Waals surface area (Å²) in [7, 11) is 1.86. The van der Waals surface area contributed by atoms with Crippen molar-refractivity contribution in [3.05, 3.63) is 35.5 Å². The van der Waals surface area contributed by atoms with Crippen LogP contribution in [0.5, 0.6) is 0 Å². The van der Waals surface area contributed by atoms with Gasteiger partial charge < -0.3 is 14.6 Å². The molecule has 3 rings (SSSR count). The molecular formula is C18H26N4O2. The quantitative estimate of drug-likeness (QED) is 0.935. The number of anilines is 1. The maximum absolute atomic E-state index is 12.6. The number of aromatic nitrogens is 2. The van der Waals surface area contributed by atoms with E-state index in [1.54, 1.807) is 15.8 Å². The zero-order valence-electron chi connectivity index (χ0n) is 15.1. The highest BCUT2D eigenvalue weighted by Crippen LogP contribution is 2.27. The van der Waals surface area contributed by atoms with Crippen LogP contribution >= 0.6 is 0 Å². The number of hydrogen-bond donors (Lipinski definition) is 1. The van der Waals surface area contributed by atoms with Gasteiger partial charge in [-0.3, -0.25) is 9.48 Å². The van der Waals surface area contributed by atoms with E-state index in [4.69, 9.17) is 4.42 Å². The Hall–Kier alpha value is -2.08. The van der Waals surface area contributed by atoms with Crippen LogP contribution in [0.2, 0.25) is 0 Å². The first-order valence-corrected chi connectivity index (χ1v) is 8.39. The SMILES string of the molecule is Cc1oc(C(C)(C)C)cc1CNC1CCN(c2cnn(C)c2)C1=O. The van der Waals surface area contributed by atoms with Crippen molar-refractivity contribution in [2.75, 3.05) is 11.4 Å². The van der Waals surface area contributed by atoms with Crippen molar-refractivity contribution in [3.8, 4) is 0 Å². The van der Waals surface area contributed by atoms with Crippen LogP contribution in [-0.2, 0) is 23.8 Å². The minimum atomic E-state index is -0.155. The number of furan rings is 1. The van der Waals surface area contributed by atoms with Crippen molar-refractivity contribution < 1.29 is 9.21 Å². The van der Waals surface area contributed by atoms with Gasteiger partial charge in [0.05, 0.1) is 17.9 Å². The summed E-state index contributed by atoms with van der Waals surface area (Å²) >= 11 is 0. The summed E-state index contributed by atoms with van der Waals surface area (Å²) in [6, 6.07) is 1.94. The second-order valence-electron chi connectivity index (χ2n) is 7.53. The zero-order valence-corrected chi connectivity index (χ0v) is 15.1. The number of carbonyl (C=O) groups excluding carboxylic acids is 1. The van der Waals surface area contributed by atoms with Crippen molar-refractivity contribution >= 4 is 11.6 Å². The molecule has 1 unspecified atom stereocenters. The van der Waals surface area contributed by atoms with Gasteiger partial charge in [0.1, 0.15) is 11.5 Å². The summed E-state index contributed by atoms with van der Waals surface area (Å²) in [4.78, 5) is 14.4. The topological polar surface area (TPSA) is 63.3 Å². The Bertz CT molecular complexity index is 739. The lowest BCUT2D eigenvalue weighted by molar-refractivity contribution is -0.118. The van der Waals surface area contributed by atoms with E-state index in [-0.39, 0.29) is 17.4 Å². The Morgan fingerprint density at radius 3 is 2.75 bits per heavy atom. The van der Waals surface area contributed by atoms with Crippen LogP contribution in [0.25, 0.3) is 0 Å². The van der Waals surface area contributed by atoms with Gasteiger partial charge in [-0.15, -0.1) is 0 Å². The predicted octanol–water partition coefficient (Wildman–Crippen LogP) is 2.51. The highest BCUT2D eigenvalue weighted by atomic mass is 16.3. The van der Waals surface area contributed by atoms with E-state index in [0.29, 0.717) is 6.54 Å². The Morgan fingerprint density at radius 2 is 2.17 bits per heavy atom. The largest absolute Gasteiger partial charge is 0.465 e. The Balaban J connectivity index is 1.64. The standard InChI is InChI=1S/C18H26N4O2/c1-12-13(8-16(24-12)18(2,3)4)9-19-15-6-7-22(17(15)23)14-10-20-21(5)11-14/h8,10-11,15,19H,6-7,9H2,1-5H3. The highest BCUT2D eigenvalue weighted by molar-refractivity contribution is 5.99. The van der Waals surface area contributed by atoms with Crippen LogP contribution in [0.4, 0.5) is 5.69 Å². The summed E-state index contributed by atoms with van der Waals surface area (Å²) in [6.45, 7) is 9.74. The van der Waals surface area contributed by atoms with Gasteiger partial charge in [-0.05, 0) is 19.4 Å². The monoisotopic (exact) mass is 330 g/mol. The number of aryl methyl sites for hydroxylation is 2. The summed E-state index contributed by atoms with van der Waals surface area (Å²) in [5, 5.41) is 7.52. The molecule has 2 aromatic heterocycles. The molecule has 1 aliphatic rings. The molecule has 0 spiro atoms. The number of amides is 1. The molecule has 1 atom stereocenters. The smallest absolute Gasteiger partial charge is 0.244 e. The minimum absolute atomic E-state index is 0.0106. The van der Waals surface area contributed by atoms with E-state index in [0.717, 1.165) is 35.7 Å². The summed E-state index contributed by atoms with van der Waals surface area (Å²) in [6.07, 6.45) is 4.41. The zero-order chi connectivity index (χ0) is 17.5. The van der Waals surface area contributed by atoms with E-state index < -0.39 is 0 Å². The van der Waals surface area contributed by atoms with E-state index >= 15 is 0 Å². The molecule has 0 radical (unpaired) electrons. The summed E-state index contributed by atoms with van der Waals surface area (Å²) in [5.41, 5.74) is 1.97. The van der Waals surface area contributed by atoms with Crippen LogP contribution in [0, 0.1) is 6.92 Å². The van der Waals surface area contributed by atoms with Gasteiger partial charge in [0, 0.05) is 37.3 Å². The van der Waals surface area contributed by atoms with E-state index in [9.17, 15) is 4.79 Å². The van der Waals surface area contributed by atoms with Crippen LogP contribution in [0.15, 0.2) is 22.9 Å². The lowest BCUT2D eigenvalue weighted by Gasteiger charge is -2.15. The molecule has 24 heavy (non-hydrogen) atoms. The molecule has 3 heterocycles. The molecule has 1 saturated heterocycles. The molecule has 0 aromatic carbocycles. The number of nitrogens with one attached hydrogen (secondary N) is 1. The molecule has 0 saturated carbocycles. The number of nitrogens with zero attached hydrogens (tertiary/aromatic N) is 3. The normalized spacial score (nSPS) is 18.6. The molecule has 6 heteroatoms. The van der Waals surface area contributed by atoms with Crippen LogP contribution in [0.1, 0.15) is 44.3 Å². The number of hydrogen-bond acceptors (Lipinski definition) is 4. The average molecular weight is 330 g/mol. The minimum Gasteiger partial charge on any atom is -0.465 e. The first-order valence-electron chi connectivity index (χ1n) is 8.39. The van der Waals surface area contributed by atoms with Crippen molar-refractivity contribution in [1.29, 1.82) is 0 Å². The molecule has 1 fully saturated rings. The molecule has 1 N–H and O–H groups in total. The highest BCUT2D eigenvalue weighted by Gasteiger charge is 2.33. The summed E-state index contributed by atoms with van der Waals surface area (Å²) in [5.74, 6) is 2.01. The van der Waals surface area contributed by atoms with Crippen LogP contribution in [-0.4, -0.2) is 28.3 Å². The molecule has 2 aromatic rings. The molecule has 6 nitrogen and oxygen atoms in total. The van der Waals surface area contributed by atoms with Crippen LogP contribution in [0.3, 0.4) is 0 Å². The van der Waals surface area contributed by atoms with E-state index in [1.165, 1.54) is 0 Å². The van der Waals surface area contributed by atoms with Gasteiger partial charge in [-0.25, -0.2) is 0 Å². The number of rotatable bonds is 4. The van der Waals surface area contributed by atoms with Gasteiger partial charge in [-0.2, -0.15) is 5.10 Å². The van der Waals surface area contributed by atoms with Crippen LogP contribution < -0.4 is 10.2 Å². The Labute approximate surface area is 142 Å². The Kier molecular flexibility index (Phi) is 4.25. The van der Waals surface area contributed by atoms with E-state index in [2.05, 4.69) is 37.3 Å². The third-order valence-electron chi connectivity index (χ3n) is 4.51. The van der Waals surface area contributed by atoms with Crippen molar-refractivity contribution in [3.63, 3.8) is 0 Å². The van der Waals surface area contributed by atoms with E-state index in [1.807, 2.05) is 20.2 Å². The molecule has 1 amide bonds. The van der Waals surface area contributed by atoms with Gasteiger partial charge in [0.2, 0.25) is 5.91 Å². The molecule has 0 bridgehead atoms. The first-order chi connectivity index (χ1) is 11.3. The second-order valence-corrected chi connectivity index (χ2v) is 7.53. The van der Waals surface area contributed by atoms with Gasteiger partial charge >= 0.3 is 0 Å². The van der Waals surface area contributed by atoms with Gasteiger partial charge in [-0.1, -0.05) is 20.8 Å². The maximum atomic E-state index is 12.6. The Morgan fingerprint density at radius 1 is 1.42 bits per heavy atom. The molecule has 0 aliphatic carbocycles. The second kappa shape index (κ2) is 6.09. The fourth-order valence-corrected chi connectivity index (χ4v) is 2.97. The van der Waals surface area contributed by atoms with Gasteiger partial charge in [0.15, 0.2) is 0 Å². The van der Waals surface area contributed by atoms with Gasteiger partial charge in [0.25, 0.3) is 0 Å². The third-order valence-corrected chi connectivity index (χ3v) is 4.51. The average Bonchev–Trinajstić information content (AvgIpc) is 3.16. The predicted molar refractivity (Wildman–Crippen MR) is 93.0 cm³/mol. The molecular weight excluding hydrogens is 304 g/mol. The lowest BCUT2D eigenvalue weighted by Crippen LogP contribution is -2.37. The lowest BCUT2D eigenvalue weighted by atomic mass is 9.93. The van der Waals surface area contributed by atoms with Crippen molar-refractivity contribution in [2.24, 2.45) is 7.05 Å². The molecule has 130 valence electrons. The van der Waals surface area contributed by atoms with Crippen molar-refractivity contribution in [1.82, 2.24) is 15.1 Å². The maximum Gasteiger partial charge on any atom is 0.244 e.